The molecule has 1 aromatic heterocycles. The second-order valence-electron chi connectivity index (χ2n) is 5.57. The first-order valence-electron chi connectivity index (χ1n) is 8.26. The van der Waals surface area contributed by atoms with Crippen molar-refractivity contribution in [1.82, 2.24) is 14.8 Å². The van der Waals surface area contributed by atoms with Gasteiger partial charge in [0.1, 0.15) is 12.4 Å². The highest BCUT2D eigenvalue weighted by Crippen LogP contribution is 2.23. The minimum absolute atomic E-state index is 0.135. The highest BCUT2D eigenvalue weighted by molar-refractivity contribution is 7.99. The Hall–Kier alpha value is -2.84. The van der Waals surface area contributed by atoms with E-state index in [1.54, 1.807) is 20.3 Å². The molecule has 27 heavy (non-hydrogen) atoms. The number of amides is 1. The van der Waals surface area contributed by atoms with Crippen LogP contribution in [-0.2, 0) is 16.1 Å². The van der Waals surface area contributed by atoms with Crippen molar-refractivity contribution < 1.29 is 14.3 Å². The molecule has 0 unspecified atom stereocenters. The van der Waals surface area contributed by atoms with Gasteiger partial charge < -0.3 is 14.8 Å². The molecule has 0 radical (unpaired) electrons. The number of hydrogen-bond acceptors (Lipinski definition) is 6. The summed E-state index contributed by atoms with van der Waals surface area (Å²) in [7, 11) is 3.20. The van der Waals surface area contributed by atoms with Gasteiger partial charge in [-0.3, -0.25) is 9.36 Å². The summed E-state index contributed by atoms with van der Waals surface area (Å²) in [6.07, 6.45) is 0. The predicted octanol–water partition coefficient (Wildman–Crippen LogP) is 3.15. The number of ether oxygens (including phenoxy) is 2. The zero-order chi connectivity index (χ0) is 19.1. The number of carbonyl (C=O) groups is 1. The fourth-order valence-corrected chi connectivity index (χ4v) is 3.25. The molecule has 0 fully saturated rings. The van der Waals surface area contributed by atoms with Crippen LogP contribution in [0.25, 0.3) is 5.69 Å². The lowest BCUT2D eigenvalue weighted by Crippen LogP contribution is -2.14. The topological polar surface area (TPSA) is 78.3 Å². The van der Waals surface area contributed by atoms with Crippen molar-refractivity contribution in [2.45, 2.75) is 11.8 Å². The van der Waals surface area contributed by atoms with Crippen molar-refractivity contribution in [3.63, 3.8) is 0 Å². The maximum Gasteiger partial charge on any atom is 0.234 e. The first-order valence-corrected chi connectivity index (χ1v) is 9.25. The standard InChI is InChI=1S/C19H20N4O3S/c1-25-12-17-21-22-19(23(17)15-8-4-3-5-9-15)27-13-18(24)20-14-7-6-10-16(11-14)26-2/h3-11H,12-13H2,1-2H3,(H,20,24). The quantitative estimate of drug-likeness (QED) is 0.601. The number of methoxy groups -OCH3 is 2. The van der Waals surface area contributed by atoms with Crippen molar-refractivity contribution >= 4 is 23.4 Å². The number of anilines is 1. The van der Waals surface area contributed by atoms with Crippen LogP contribution in [0.4, 0.5) is 5.69 Å². The van der Waals surface area contributed by atoms with E-state index in [-0.39, 0.29) is 11.7 Å². The van der Waals surface area contributed by atoms with Crippen molar-refractivity contribution in [2.75, 3.05) is 25.3 Å². The summed E-state index contributed by atoms with van der Waals surface area (Å²) in [6, 6.07) is 17.0. The number of rotatable bonds is 8. The number of thioether (sulfide) groups is 1. The molecule has 1 heterocycles. The largest absolute Gasteiger partial charge is 0.497 e. The van der Waals surface area contributed by atoms with E-state index in [9.17, 15) is 4.79 Å². The number of benzene rings is 2. The number of aromatic nitrogens is 3. The van der Waals surface area contributed by atoms with E-state index in [1.165, 1.54) is 11.8 Å². The van der Waals surface area contributed by atoms with Gasteiger partial charge >= 0.3 is 0 Å². The molecule has 140 valence electrons. The van der Waals surface area contributed by atoms with Crippen LogP contribution in [0.2, 0.25) is 0 Å². The molecule has 1 amide bonds. The third-order valence-electron chi connectivity index (χ3n) is 3.67. The van der Waals surface area contributed by atoms with Crippen molar-refractivity contribution in [2.24, 2.45) is 0 Å². The monoisotopic (exact) mass is 384 g/mol. The van der Waals surface area contributed by atoms with E-state index < -0.39 is 0 Å². The fraction of sp³-hybridized carbons (Fsp3) is 0.211. The molecule has 3 rings (SSSR count). The molecule has 0 saturated carbocycles. The number of nitrogens with one attached hydrogen (secondary N) is 1. The molecule has 1 N–H and O–H groups in total. The molecule has 8 heteroatoms. The lowest BCUT2D eigenvalue weighted by Gasteiger charge is -2.10. The third-order valence-corrected chi connectivity index (χ3v) is 4.60. The molecule has 7 nitrogen and oxygen atoms in total. The van der Waals surface area contributed by atoms with Crippen LogP contribution in [0.1, 0.15) is 5.82 Å². The summed E-state index contributed by atoms with van der Waals surface area (Å²) in [5, 5.41) is 11.9. The van der Waals surface area contributed by atoms with Crippen molar-refractivity contribution in [3.8, 4) is 11.4 Å². The average Bonchev–Trinajstić information content (AvgIpc) is 3.10. The van der Waals surface area contributed by atoms with Gasteiger partial charge in [-0.2, -0.15) is 0 Å². The second kappa shape index (κ2) is 9.20. The minimum Gasteiger partial charge on any atom is -0.497 e. The van der Waals surface area contributed by atoms with Crippen molar-refractivity contribution in [1.29, 1.82) is 0 Å². The third kappa shape index (κ3) is 4.87. The van der Waals surface area contributed by atoms with Crippen LogP contribution in [0.15, 0.2) is 59.8 Å². The Labute approximate surface area is 161 Å². The van der Waals surface area contributed by atoms with Crippen LogP contribution >= 0.6 is 11.8 Å². The highest BCUT2D eigenvalue weighted by atomic mass is 32.2. The number of nitrogens with zero attached hydrogens (tertiary/aromatic N) is 3. The molecule has 0 saturated heterocycles. The summed E-state index contributed by atoms with van der Waals surface area (Å²) in [6.45, 7) is 0.332. The van der Waals surface area contributed by atoms with E-state index in [1.807, 2.05) is 53.1 Å². The zero-order valence-corrected chi connectivity index (χ0v) is 15.9. The summed E-state index contributed by atoms with van der Waals surface area (Å²) in [4.78, 5) is 12.3. The first kappa shape index (κ1) is 18.9. The van der Waals surface area contributed by atoms with E-state index in [4.69, 9.17) is 9.47 Å². The maximum absolute atomic E-state index is 12.3. The molecule has 0 aliphatic heterocycles. The van der Waals surface area contributed by atoms with Crippen LogP contribution < -0.4 is 10.1 Å². The van der Waals surface area contributed by atoms with Gasteiger partial charge in [0.25, 0.3) is 0 Å². The van der Waals surface area contributed by atoms with Crippen molar-refractivity contribution in [3.05, 3.63) is 60.4 Å². The van der Waals surface area contributed by atoms with Crippen LogP contribution in [0.5, 0.6) is 5.75 Å². The van der Waals surface area contributed by atoms with Crippen LogP contribution in [0.3, 0.4) is 0 Å². The molecular formula is C19H20N4O3S. The lowest BCUT2D eigenvalue weighted by atomic mass is 10.3. The number of hydrogen-bond donors (Lipinski definition) is 1. The van der Waals surface area contributed by atoms with E-state index in [0.717, 1.165) is 5.69 Å². The fourth-order valence-electron chi connectivity index (χ4n) is 2.48. The van der Waals surface area contributed by atoms with Gasteiger partial charge in [-0.05, 0) is 24.3 Å². The van der Waals surface area contributed by atoms with E-state index in [2.05, 4.69) is 15.5 Å². The Kier molecular flexibility index (Phi) is 6.45. The predicted molar refractivity (Wildman–Crippen MR) is 104 cm³/mol. The molecule has 0 aliphatic carbocycles. The van der Waals surface area contributed by atoms with E-state index in [0.29, 0.717) is 29.0 Å². The normalized spacial score (nSPS) is 10.6. The molecule has 0 atom stereocenters. The summed E-state index contributed by atoms with van der Waals surface area (Å²) in [5.41, 5.74) is 1.61. The SMILES string of the molecule is COCc1nnc(SCC(=O)Nc2cccc(OC)c2)n1-c1ccccc1. The van der Waals surface area contributed by atoms with E-state index >= 15 is 0 Å². The molecule has 2 aromatic carbocycles. The van der Waals surface area contributed by atoms with Gasteiger partial charge in [-0.25, -0.2) is 0 Å². The Morgan fingerprint density at radius 2 is 1.93 bits per heavy atom. The van der Waals surface area contributed by atoms with Gasteiger partial charge in [-0.15, -0.1) is 10.2 Å². The summed E-state index contributed by atoms with van der Waals surface area (Å²) < 4.78 is 12.3. The van der Waals surface area contributed by atoms with Gasteiger partial charge in [0.15, 0.2) is 11.0 Å². The van der Waals surface area contributed by atoms with Crippen LogP contribution in [0, 0.1) is 0 Å². The zero-order valence-electron chi connectivity index (χ0n) is 15.1. The molecule has 0 spiro atoms. The number of carbonyl (C=O) groups excluding carboxylic acids is 1. The van der Waals surface area contributed by atoms with Gasteiger partial charge in [0.05, 0.1) is 12.9 Å². The average molecular weight is 384 g/mol. The molecule has 3 aromatic rings. The van der Waals surface area contributed by atoms with Gasteiger partial charge in [-0.1, -0.05) is 36.0 Å². The second-order valence-corrected chi connectivity index (χ2v) is 6.51. The summed E-state index contributed by atoms with van der Waals surface area (Å²) >= 11 is 1.32. The molecular weight excluding hydrogens is 364 g/mol. The summed E-state index contributed by atoms with van der Waals surface area (Å²) in [5.74, 6) is 1.44. The Morgan fingerprint density at radius 1 is 1.11 bits per heavy atom. The smallest absolute Gasteiger partial charge is 0.234 e. The Balaban J connectivity index is 1.71. The lowest BCUT2D eigenvalue weighted by molar-refractivity contribution is -0.113. The van der Waals surface area contributed by atoms with Gasteiger partial charge in [0.2, 0.25) is 5.91 Å². The first-order chi connectivity index (χ1) is 13.2. The Bertz CT molecular complexity index is 899. The molecule has 0 aliphatic rings. The van der Waals surface area contributed by atoms with Gasteiger partial charge in [0, 0.05) is 24.6 Å². The van der Waals surface area contributed by atoms with Crippen LogP contribution in [-0.4, -0.2) is 40.6 Å². The highest BCUT2D eigenvalue weighted by Gasteiger charge is 2.15. The maximum atomic E-state index is 12.3. The Morgan fingerprint density at radius 3 is 2.67 bits per heavy atom. The molecule has 0 bridgehead atoms. The number of para-hydroxylation sites is 1. The minimum atomic E-state index is -0.135.